The van der Waals surface area contributed by atoms with Gasteiger partial charge in [-0.15, -0.1) is 12.4 Å². The Balaban J connectivity index is 0.00000144. The average Bonchev–Trinajstić information content (AvgIpc) is 2.31. The molecule has 1 aromatic carbocycles. The molecular formula is C15H24ClN. The molecule has 96 valence electrons. The highest BCUT2D eigenvalue weighted by Gasteiger charge is 2.27. The van der Waals surface area contributed by atoms with E-state index in [-0.39, 0.29) is 12.4 Å². The van der Waals surface area contributed by atoms with E-state index < -0.39 is 0 Å². The molecule has 0 aromatic heterocycles. The minimum absolute atomic E-state index is 0. The Morgan fingerprint density at radius 2 is 1.59 bits per heavy atom. The summed E-state index contributed by atoms with van der Waals surface area (Å²) in [6.45, 7) is 7.32. The molecule has 0 N–H and O–H groups in total. The van der Waals surface area contributed by atoms with E-state index in [2.05, 4.69) is 49.1 Å². The lowest BCUT2D eigenvalue weighted by atomic mass is 9.91. The van der Waals surface area contributed by atoms with Gasteiger partial charge in [-0.2, -0.15) is 0 Å². The molecule has 1 fully saturated rings. The molecule has 1 aliphatic rings. The van der Waals surface area contributed by atoms with Crippen LogP contribution >= 0.6 is 12.4 Å². The SMILES string of the molecule is CC(C)(Cc1ccccc1)N1CCCCC1.Cl. The van der Waals surface area contributed by atoms with E-state index >= 15 is 0 Å². The van der Waals surface area contributed by atoms with E-state index in [1.807, 2.05) is 0 Å². The van der Waals surface area contributed by atoms with E-state index in [0.717, 1.165) is 6.42 Å². The van der Waals surface area contributed by atoms with Crippen LogP contribution in [0.4, 0.5) is 0 Å². The minimum Gasteiger partial charge on any atom is -0.298 e. The fourth-order valence-corrected chi connectivity index (χ4v) is 2.71. The third-order valence-electron chi connectivity index (χ3n) is 3.69. The van der Waals surface area contributed by atoms with Crippen molar-refractivity contribution in [3.05, 3.63) is 35.9 Å². The number of hydrogen-bond donors (Lipinski definition) is 0. The van der Waals surface area contributed by atoms with Crippen molar-refractivity contribution < 1.29 is 0 Å². The van der Waals surface area contributed by atoms with Gasteiger partial charge < -0.3 is 0 Å². The zero-order valence-corrected chi connectivity index (χ0v) is 11.8. The van der Waals surface area contributed by atoms with Crippen molar-refractivity contribution >= 4 is 12.4 Å². The molecular weight excluding hydrogens is 230 g/mol. The Bertz CT molecular complexity index is 315. The molecule has 0 aliphatic carbocycles. The summed E-state index contributed by atoms with van der Waals surface area (Å²) in [6.07, 6.45) is 5.32. The Morgan fingerprint density at radius 1 is 1.00 bits per heavy atom. The van der Waals surface area contributed by atoms with E-state index in [4.69, 9.17) is 0 Å². The van der Waals surface area contributed by atoms with Gasteiger partial charge in [0.25, 0.3) is 0 Å². The third-order valence-corrected chi connectivity index (χ3v) is 3.69. The predicted octanol–water partition coefficient (Wildman–Crippen LogP) is 3.92. The molecule has 0 amide bonds. The highest BCUT2D eigenvalue weighted by molar-refractivity contribution is 5.85. The molecule has 0 bridgehead atoms. The zero-order valence-electron chi connectivity index (χ0n) is 11.0. The summed E-state index contributed by atoms with van der Waals surface area (Å²) in [7, 11) is 0. The number of benzene rings is 1. The normalized spacial score (nSPS) is 17.5. The van der Waals surface area contributed by atoms with Crippen LogP contribution in [0.2, 0.25) is 0 Å². The molecule has 1 nitrogen and oxygen atoms in total. The third kappa shape index (κ3) is 4.01. The van der Waals surface area contributed by atoms with Crippen LogP contribution in [0.25, 0.3) is 0 Å². The quantitative estimate of drug-likeness (QED) is 0.789. The number of nitrogens with zero attached hydrogens (tertiary/aromatic N) is 1. The molecule has 17 heavy (non-hydrogen) atoms. The number of hydrogen-bond acceptors (Lipinski definition) is 1. The first kappa shape index (κ1) is 14.5. The maximum atomic E-state index is 2.66. The van der Waals surface area contributed by atoms with E-state index in [1.54, 1.807) is 0 Å². The second kappa shape index (κ2) is 6.42. The Hall–Kier alpha value is -0.530. The topological polar surface area (TPSA) is 3.24 Å². The molecule has 0 unspecified atom stereocenters. The summed E-state index contributed by atoms with van der Waals surface area (Å²) in [6, 6.07) is 10.9. The average molecular weight is 254 g/mol. The smallest absolute Gasteiger partial charge is 0.0193 e. The number of rotatable bonds is 3. The van der Waals surface area contributed by atoms with Gasteiger partial charge in [0.2, 0.25) is 0 Å². The Morgan fingerprint density at radius 3 is 2.18 bits per heavy atom. The Labute approximate surface area is 112 Å². The molecule has 0 atom stereocenters. The lowest BCUT2D eigenvalue weighted by Gasteiger charge is -2.41. The van der Waals surface area contributed by atoms with Crippen LogP contribution in [0.5, 0.6) is 0 Å². The predicted molar refractivity (Wildman–Crippen MR) is 76.9 cm³/mol. The summed E-state index contributed by atoms with van der Waals surface area (Å²) in [5.41, 5.74) is 1.76. The first-order valence-corrected chi connectivity index (χ1v) is 6.47. The van der Waals surface area contributed by atoms with E-state index in [9.17, 15) is 0 Å². The molecule has 0 spiro atoms. The highest BCUT2D eigenvalue weighted by atomic mass is 35.5. The highest BCUT2D eigenvalue weighted by Crippen LogP contribution is 2.24. The second-order valence-corrected chi connectivity index (χ2v) is 5.52. The molecule has 1 heterocycles. The van der Waals surface area contributed by atoms with Crippen molar-refractivity contribution in [2.45, 2.75) is 45.1 Å². The molecule has 1 aromatic rings. The number of halogens is 1. The van der Waals surface area contributed by atoms with Gasteiger partial charge in [0.1, 0.15) is 0 Å². The van der Waals surface area contributed by atoms with Gasteiger partial charge in [0, 0.05) is 5.54 Å². The molecule has 1 saturated heterocycles. The van der Waals surface area contributed by atoms with Gasteiger partial charge in [-0.25, -0.2) is 0 Å². The van der Waals surface area contributed by atoms with Gasteiger partial charge in [-0.3, -0.25) is 4.90 Å². The molecule has 2 heteroatoms. The lowest BCUT2D eigenvalue weighted by molar-refractivity contribution is 0.0956. The maximum Gasteiger partial charge on any atom is 0.0193 e. The van der Waals surface area contributed by atoms with Crippen molar-refractivity contribution in [1.82, 2.24) is 4.90 Å². The molecule has 0 saturated carbocycles. The van der Waals surface area contributed by atoms with Crippen LogP contribution < -0.4 is 0 Å². The van der Waals surface area contributed by atoms with Crippen LogP contribution in [0, 0.1) is 0 Å². The van der Waals surface area contributed by atoms with Crippen LogP contribution in [-0.2, 0) is 6.42 Å². The standard InChI is InChI=1S/C15H23N.ClH/c1-15(2,16-11-7-4-8-12-16)13-14-9-5-3-6-10-14;/h3,5-6,9-10H,4,7-8,11-13H2,1-2H3;1H. The largest absolute Gasteiger partial charge is 0.298 e. The van der Waals surface area contributed by atoms with Crippen LogP contribution in [0.3, 0.4) is 0 Å². The van der Waals surface area contributed by atoms with Crippen molar-refractivity contribution in [1.29, 1.82) is 0 Å². The van der Waals surface area contributed by atoms with Crippen molar-refractivity contribution in [3.63, 3.8) is 0 Å². The Kier molecular flexibility index (Phi) is 5.48. The zero-order chi connectivity index (χ0) is 11.4. The summed E-state index contributed by atoms with van der Waals surface area (Å²) in [4.78, 5) is 2.66. The van der Waals surface area contributed by atoms with Crippen molar-refractivity contribution in [2.24, 2.45) is 0 Å². The van der Waals surface area contributed by atoms with Gasteiger partial charge >= 0.3 is 0 Å². The fourth-order valence-electron chi connectivity index (χ4n) is 2.71. The monoisotopic (exact) mass is 253 g/mol. The van der Waals surface area contributed by atoms with Crippen LogP contribution in [0.1, 0.15) is 38.7 Å². The van der Waals surface area contributed by atoms with Gasteiger partial charge in [0.05, 0.1) is 0 Å². The minimum atomic E-state index is 0. The van der Waals surface area contributed by atoms with Gasteiger partial charge in [-0.05, 0) is 51.8 Å². The molecule has 2 rings (SSSR count). The summed E-state index contributed by atoms with van der Waals surface area (Å²) < 4.78 is 0. The molecule has 0 radical (unpaired) electrons. The first-order chi connectivity index (χ1) is 7.68. The van der Waals surface area contributed by atoms with Crippen molar-refractivity contribution in [2.75, 3.05) is 13.1 Å². The lowest BCUT2D eigenvalue weighted by Crippen LogP contribution is -2.48. The van der Waals surface area contributed by atoms with E-state index in [1.165, 1.54) is 37.9 Å². The first-order valence-electron chi connectivity index (χ1n) is 6.47. The number of piperidine rings is 1. The summed E-state index contributed by atoms with van der Waals surface area (Å²) >= 11 is 0. The van der Waals surface area contributed by atoms with Crippen LogP contribution in [0.15, 0.2) is 30.3 Å². The summed E-state index contributed by atoms with van der Waals surface area (Å²) in [5.74, 6) is 0. The van der Waals surface area contributed by atoms with Gasteiger partial charge in [0.15, 0.2) is 0 Å². The van der Waals surface area contributed by atoms with E-state index in [0.29, 0.717) is 5.54 Å². The molecule has 1 aliphatic heterocycles. The maximum absolute atomic E-state index is 2.66. The van der Waals surface area contributed by atoms with Crippen molar-refractivity contribution in [3.8, 4) is 0 Å². The van der Waals surface area contributed by atoms with Gasteiger partial charge in [-0.1, -0.05) is 36.8 Å². The summed E-state index contributed by atoms with van der Waals surface area (Å²) in [5, 5.41) is 0. The second-order valence-electron chi connectivity index (χ2n) is 5.52. The fraction of sp³-hybridized carbons (Fsp3) is 0.600. The number of likely N-dealkylation sites (tertiary alicyclic amines) is 1. The van der Waals surface area contributed by atoms with Crippen LogP contribution in [-0.4, -0.2) is 23.5 Å².